The highest BCUT2D eigenvalue weighted by atomic mass is 16.5. The van der Waals surface area contributed by atoms with Crippen molar-refractivity contribution in [3.05, 3.63) is 23.7 Å². The third-order valence-corrected chi connectivity index (χ3v) is 1.39. The quantitative estimate of drug-likeness (QED) is 0.712. The SMILES string of the molecule is CCOCc1cc(CN)co1. The summed E-state index contributed by atoms with van der Waals surface area (Å²) in [6.45, 7) is 3.72. The second kappa shape index (κ2) is 4.16. The van der Waals surface area contributed by atoms with Gasteiger partial charge in [-0.25, -0.2) is 0 Å². The van der Waals surface area contributed by atoms with Crippen LogP contribution >= 0.6 is 0 Å². The van der Waals surface area contributed by atoms with Gasteiger partial charge in [-0.05, 0) is 13.0 Å². The molecule has 0 atom stereocenters. The van der Waals surface area contributed by atoms with E-state index in [1.54, 1.807) is 6.26 Å². The van der Waals surface area contributed by atoms with E-state index in [0.717, 1.165) is 11.3 Å². The Balaban J connectivity index is 2.44. The Morgan fingerprint density at radius 2 is 2.45 bits per heavy atom. The maximum atomic E-state index is 5.39. The zero-order valence-electron chi connectivity index (χ0n) is 6.67. The van der Waals surface area contributed by atoms with Crippen molar-refractivity contribution in [3.63, 3.8) is 0 Å². The second-order valence-electron chi connectivity index (χ2n) is 2.26. The molecule has 0 aliphatic heterocycles. The molecule has 0 saturated heterocycles. The minimum atomic E-state index is 0.523. The van der Waals surface area contributed by atoms with E-state index in [-0.39, 0.29) is 0 Å². The van der Waals surface area contributed by atoms with Crippen LogP contribution in [0.15, 0.2) is 16.7 Å². The van der Waals surface area contributed by atoms with Crippen molar-refractivity contribution in [2.75, 3.05) is 6.61 Å². The molecule has 1 aromatic rings. The minimum absolute atomic E-state index is 0.523. The molecule has 0 unspecified atom stereocenters. The lowest BCUT2D eigenvalue weighted by Gasteiger charge is -1.94. The molecule has 0 bridgehead atoms. The van der Waals surface area contributed by atoms with E-state index in [0.29, 0.717) is 19.8 Å². The largest absolute Gasteiger partial charge is 0.467 e. The van der Waals surface area contributed by atoms with Gasteiger partial charge in [0.1, 0.15) is 12.4 Å². The van der Waals surface area contributed by atoms with Crippen LogP contribution in [-0.2, 0) is 17.9 Å². The molecule has 0 fully saturated rings. The molecule has 0 aliphatic rings. The van der Waals surface area contributed by atoms with Gasteiger partial charge in [0, 0.05) is 18.7 Å². The topological polar surface area (TPSA) is 48.4 Å². The van der Waals surface area contributed by atoms with Gasteiger partial charge >= 0.3 is 0 Å². The summed E-state index contributed by atoms with van der Waals surface area (Å²) in [5.74, 6) is 0.840. The summed E-state index contributed by atoms with van der Waals surface area (Å²) in [5.41, 5.74) is 6.40. The van der Waals surface area contributed by atoms with Crippen molar-refractivity contribution in [2.45, 2.75) is 20.1 Å². The molecule has 0 aliphatic carbocycles. The molecule has 62 valence electrons. The normalized spacial score (nSPS) is 10.4. The van der Waals surface area contributed by atoms with Crippen LogP contribution in [0.3, 0.4) is 0 Å². The molecule has 2 N–H and O–H groups in total. The number of furan rings is 1. The average Bonchev–Trinajstić information content (AvgIpc) is 2.48. The Labute approximate surface area is 66.1 Å². The monoisotopic (exact) mass is 155 g/mol. The zero-order valence-corrected chi connectivity index (χ0v) is 6.67. The second-order valence-corrected chi connectivity index (χ2v) is 2.26. The first-order valence-corrected chi connectivity index (χ1v) is 3.71. The fourth-order valence-corrected chi connectivity index (χ4v) is 0.812. The number of nitrogens with two attached hydrogens (primary N) is 1. The fraction of sp³-hybridized carbons (Fsp3) is 0.500. The molecule has 1 rings (SSSR count). The summed E-state index contributed by atoms with van der Waals surface area (Å²) in [7, 11) is 0. The third kappa shape index (κ3) is 2.37. The summed E-state index contributed by atoms with van der Waals surface area (Å²) in [6.07, 6.45) is 1.66. The lowest BCUT2D eigenvalue weighted by Crippen LogP contribution is -1.93. The van der Waals surface area contributed by atoms with Gasteiger partial charge in [0.15, 0.2) is 0 Å². The maximum absolute atomic E-state index is 5.39. The van der Waals surface area contributed by atoms with Crippen LogP contribution in [0.4, 0.5) is 0 Å². The number of ether oxygens (including phenoxy) is 1. The Kier molecular flexibility index (Phi) is 3.14. The van der Waals surface area contributed by atoms with Gasteiger partial charge in [-0.3, -0.25) is 0 Å². The molecule has 3 nitrogen and oxygen atoms in total. The molecule has 0 aromatic carbocycles. The van der Waals surface area contributed by atoms with Crippen LogP contribution in [0.2, 0.25) is 0 Å². The minimum Gasteiger partial charge on any atom is -0.467 e. The molecule has 0 spiro atoms. The number of hydrogen-bond donors (Lipinski definition) is 1. The first-order valence-electron chi connectivity index (χ1n) is 3.71. The van der Waals surface area contributed by atoms with Gasteiger partial charge in [0.05, 0.1) is 6.26 Å². The van der Waals surface area contributed by atoms with Crippen LogP contribution in [0.1, 0.15) is 18.2 Å². The van der Waals surface area contributed by atoms with Crippen molar-refractivity contribution in [1.29, 1.82) is 0 Å². The summed E-state index contributed by atoms with van der Waals surface area (Å²) in [5, 5.41) is 0. The van der Waals surface area contributed by atoms with Gasteiger partial charge in [-0.1, -0.05) is 0 Å². The predicted octanol–water partition coefficient (Wildman–Crippen LogP) is 1.27. The number of rotatable bonds is 4. The van der Waals surface area contributed by atoms with Crippen molar-refractivity contribution >= 4 is 0 Å². The molecule has 0 amide bonds. The Bertz CT molecular complexity index is 208. The maximum Gasteiger partial charge on any atom is 0.129 e. The standard InChI is InChI=1S/C8H13NO2/c1-2-10-6-8-3-7(4-9)5-11-8/h3,5H,2,4,6,9H2,1H3. The van der Waals surface area contributed by atoms with Crippen LogP contribution in [0, 0.1) is 0 Å². The van der Waals surface area contributed by atoms with E-state index in [1.807, 2.05) is 13.0 Å². The molecule has 0 saturated carbocycles. The van der Waals surface area contributed by atoms with Gasteiger partial charge < -0.3 is 14.9 Å². The molecule has 1 heterocycles. The molecule has 1 aromatic heterocycles. The highest BCUT2D eigenvalue weighted by molar-refractivity contribution is 5.11. The van der Waals surface area contributed by atoms with Crippen molar-refractivity contribution in [3.8, 4) is 0 Å². The molecule has 11 heavy (non-hydrogen) atoms. The van der Waals surface area contributed by atoms with E-state index in [4.69, 9.17) is 14.9 Å². The summed E-state index contributed by atoms with van der Waals surface area (Å²) < 4.78 is 10.3. The molecule has 3 heteroatoms. The van der Waals surface area contributed by atoms with Crippen LogP contribution < -0.4 is 5.73 Å². The van der Waals surface area contributed by atoms with E-state index in [1.165, 1.54) is 0 Å². The van der Waals surface area contributed by atoms with E-state index in [9.17, 15) is 0 Å². The van der Waals surface area contributed by atoms with Crippen LogP contribution in [0.25, 0.3) is 0 Å². The zero-order chi connectivity index (χ0) is 8.10. The van der Waals surface area contributed by atoms with Crippen LogP contribution in [0.5, 0.6) is 0 Å². The first kappa shape index (κ1) is 8.30. The van der Waals surface area contributed by atoms with E-state index < -0.39 is 0 Å². The average molecular weight is 155 g/mol. The lowest BCUT2D eigenvalue weighted by molar-refractivity contribution is 0.118. The highest BCUT2D eigenvalue weighted by Gasteiger charge is 1.98. The summed E-state index contributed by atoms with van der Waals surface area (Å²) >= 11 is 0. The summed E-state index contributed by atoms with van der Waals surface area (Å²) in [4.78, 5) is 0. The van der Waals surface area contributed by atoms with Crippen LogP contribution in [-0.4, -0.2) is 6.61 Å². The predicted molar refractivity (Wildman–Crippen MR) is 41.9 cm³/mol. The molecule has 0 radical (unpaired) electrons. The first-order chi connectivity index (χ1) is 5.36. The molecular weight excluding hydrogens is 142 g/mol. The fourth-order valence-electron chi connectivity index (χ4n) is 0.812. The van der Waals surface area contributed by atoms with Gasteiger partial charge in [0.25, 0.3) is 0 Å². The Hall–Kier alpha value is -0.800. The molecular formula is C8H13NO2. The van der Waals surface area contributed by atoms with Gasteiger partial charge in [-0.2, -0.15) is 0 Å². The highest BCUT2D eigenvalue weighted by Crippen LogP contribution is 2.07. The van der Waals surface area contributed by atoms with E-state index >= 15 is 0 Å². The number of hydrogen-bond acceptors (Lipinski definition) is 3. The van der Waals surface area contributed by atoms with Gasteiger partial charge in [0.2, 0.25) is 0 Å². The Morgan fingerprint density at radius 3 is 3.00 bits per heavy atom. The van der Waals surface area contributed by atoms with Crippen molar-refractivity contribution in [1.82, 2.24) is 0 Å². The third-order valence-electron chi connectivity index (χ3n) is 1.39. The summed E-state index contributed by atoms with van der Waals surface area (Å²) in [6, 6.07) is 1.91. The smallest absolute Gasteiger partial charge is 0.129 e. The van der Waals surface area contributed by atoms with E-state index in [2.05, 4.69) is 0 Å². The van der Waals surface area contributed by atoms with Crippen molar-refractivity contribution in [2.24, 2.45) is 5.73 Å². The Morgan fingerprint density at radius 1 is 1.64 bits per heavy atom. The van der Waals surface area contributed by atoms with Gasteiger partial charge in [-0.15, -0.1) is 0 Å². The van der Waals surface area contributed by atoms with Crippen molar-refractivity contribution < 1.29 is 9.15 Å². The lowest BCUT2D eigenvalue weighted by atomic mass is 10.3.